The van der Waals surface area contributed by atoms with Crippen molar-refractivity contribution in [2.24, 2.45) is 5.73 Å². The molecule has 2 amide bonds. The van der Waals surface area contributed by atoms with Crippen LogP contribution in [0.4, 0.5) is 0 Å². The Hall–Kier alpha value is -0.940. The predicted molar refractivity (Wildman–Crippen MR) is 26.9 cm³/mol. The highest BCUT2D eigenvalue weighted by Gasteiger charge is 2.41. The van der Waals surface area contributed by atoms with Gasteiger partial charge < -0.3 is 5.11 Å². The van der Waals surface area contributed by atoms with Crippen molar-refractivity contribution in [2.45, 2.75) is 12.1 Å². The Morgan fingerprint density at radius 3 is 2.33 bits per heavy atom. The van der Waals surface area contributed by atoms with Crippen LogP contribution in [-0.2, 0) is 9.59 Å². The minimum absolute atomic E-state index is 0.341. The lowest BCUT2D eigenvalue weighted by Gasteiger charge is -2.08. The lowest BCUT2D eigenvalue weighted by molar-refractivity contribution is -0.134. The van der Waals surface area contributed by atoms with E-state index in [0.717, 1.165) is 0 Å². The number of imide groups is 1. The zero-order valence-electron chi connectivity index (χ0n) is 4.55. The monoisotopic (exact) mass is 130 g/mol. The van der Waals surface area contributed by atoms with Gasteiger partial charge in [-0.15, -0.1) is 0 Å². The molecule has 0 aliphatic carbocycles. The molecule has 1 aliphatic heterocycles. The molecule has 50 valence electrons. The molecular weight excluding hydrogens is 124 g/mol. The van der Waals surface area contributed by atoms with E-state index < -0.39 is 17.5 Å². The maximum Gasteiger partial charge on any atom is 0.274 e. The van der Waals surface area contributed by atoms with Gasteiger partial charge in [0.2, 0.25) is 11.6 Å². The van der Waals surface area contributed by atoms with Crippen LogP contribution in [0.2, 0.25) is 0 Å². The molecule has 0 radical (unpaired) electrons. The first-order valence-electron chi connectivity index (χ1n) is 2.38. The van der Waals surface area contributed by atoms with Crippen LogP contribution in [0.3, 0.4) is 0 Å². The second-order valence-electron chi connectivity index (χ2n) is 1.98. The molecule has 5 nitrogen and oxygen atoms in total. The van der Waals surface area contributed by atoms with Crippen LogP contribution in [0.5, 0.6) is 0 Å². The number of rotatable bonds is 0. The predicted octanol–water partition coefficient (Wildman–Crippen LogP) is -2.32. The van der Waals surface area contributed by atoms with Crippen molar-refractivity contribution < 1.29 is 14.7 Å². The van der Waals surface area contributed by atoms with Crippen molar-refractivity contribution in [3.8, 4) is 0 Å². The summed E-state index contributed by atoms with van der Waals surface area (Å²) in [4.78, 5) is 20.7. The summed E-state index contributed by atoms with van der Waals surface area (Å²) in [6.45, 7) is 0. The molecule has 1 saturated heterocycles. The summed E-state index contributed by atoms with van der Waals surface area (Å²) >= 11 is 0. The van der Waals surface area contributed by atoms with Crippen LogP contribution in [0, 0.1) is 0 Å². The molecule has 5 heteroatoms. The number of amides is 2. The van der Waals surface area contributed by atoms with E-state index in [0.29, 0.717) is 0 Å². The summed E-state index contributed by atoms with van der Waals surface area (Å²) in [5.41, 5.74) is 2.96. The summed E-state index contributed by atoms with van der Waals surface area (Å²) < 4.78 is 0. The summed E-state index contributed by atoms with van der Waals surface area (Å²) in [6, 6.07) is 0. The second kappa shape index (κ2) is 1.52. The maximum absolute atomic E-state index is 10.4. The lowest BCUT2D eigenvalue weighted by atomic mass is 10.2. The van der Waals surface area contributed by atoms with E-state index in [1.54, 1.807) is 0 Å². The van der Waals surface area contributed by atoms with Gasteiger partial charge in [0.25, 0.3) is 5.91 Å². The topological polar surface area (TPSA) is 92.4 Å². The zero-order valence-corrected chi connectivity index (χ0v) is 4.55. The lowest BCUT2D eigenvalue weighted by Crippen LogP contribution is -2.46. The fraction of sp³-hybridized carbons (Fsp3) is 0.500. The van der Waals surface area contributed by atoms with Gasteiger partial charge in [-0.05, 0) is 0 Å². The van der Waals surface area contributed by atoms with E-state index in [1.165, 1.54) is 0 Å². The zero-order chi connectivity index (χ0) is 7.07. The first-order valence-corrected chi connectivity index (χ1v) is 2.38. The number of nitrogens with one attached hydrogen (secondary N) is 1. The van der Waals surface area contributed by atoms with E-state index in [-0.39, 0.29) is 6.42 Å². The number of carbonyl (C=O) groups excluding carboxylic acids is 2. The minimum Gasteiger partial charge on any atom is -0.367 e. The Labute approximate surface area is 50.8 Å². The fourth-order valence-corrected chi connectivity index (χ4v) is 0.604. The van der Waals surface area contributed by atoms with Crippen molar-refractivity contribution in [1.29, 1.82) is 0 Å². The molecule has 1 aliphatic rings. The van der Waals surface area contributed by atoms with E-state index in [1.807, 2.05) is 5.32 Å². The van der Waals surface area contributed by atoms with Gasteiger partial charge in [0.05, 0.1) is 6.42 Å². The Kier molecular flexibility index (Phi) is 1.04. The van der Waals surface area contributed by atoms with Gasteiger partial charge in [0, 0.05) is 0 Å². The third-order valence-electron chi connectivity index (χ3n) is 1.08. The molecule has 0 aromatic rings. The largest absolute Gasteiger partial charge is 0.367 e. The molecule has 1 heterocycles. The van der Waals surface area contributed by atoms with Crippen LogP contribution in [-0.4, -0.2) is 22.6 Å². The third-order valence-corrected chi connectivity index (χ3v) is 1.08. The Balaban J connectivity index is 2.81. The molecule has 1 fully saturated rings. The first-order chi connectivity index (χ1) is 4.02. The summed E-state index contributed by atoms with van der Waals surface area (Å²) in [6.07, 6.45) is -0.341. The average Bonchev–Trinajstić information content (AvgIpc) is 1.79. The van der Waals surface area contributed by atoms with Gasteiger partial charge >= 0.3 is 0 Å². The first kappa shape index (κ1) is 6.18. The van der Waals surface area contributed by atoms with E-state index in [4.69, 9.17) is 10.8 Å². The SMILES string of the molecule is NC1(O)CC(=O)NC1=O. The molecule has 0 aromatic heterocycles. The van der Waals surface area contributed by atoms with Crippen LogP contribution >= 0.6 is 0 Å². The van der Waals surface area contributed by atoms with Gasteiger partial charge in [-0.3, -0.25) is 20.6 Å². The van der Waals surface area contributed by atoms with E-state index >= 15 is 0 Å². The number of hydrogen-bond donors (Lipinski definition) is 3. The Bertz CT molecular complexity index is 175. The number of carbonyl (C=O) groups is 2. The Morgan fingerprint density at radius 2 is 2.22 bits per heavy atom. The van der Waals surface area contributed by atoms with Gasteiger partial charge in [-0.25, -0.2) is 0 Å². The standard InChI is InChI=1S/C4H6N2O3/c5-4(9)1-2(7)6-3(4)8/h9H,1,5H2,(H,6,7,8). The highest BCUT2D eigenvalue weighted by Crippen LogP contribution is 2.08. The molecule has 0 bridgehead atoms. The molecule has 9 heavy (non-hydrogen) atoms. The van der Waals surface area contributed by atoms with Gasteiger partial charge in [0.15, 0.2) is 0 Å². The smallest absolute Gasteiger partial charge is 0.274 e. The van der Waals surface area contributed by atoms with Crippen LogP contribution in [0.25, 0.3) is 0 Å². The number of aliphatic hydroxyl groups is 1. The third kappa shape index (κ3) is 0.914. The molecule has 0 aromatic carbocycles. The van der Waals surface area contributed by atoms with Crippen LogP contribution in [0.1, 0.15) is 6.42 Å². The van der Waals surface area contributed by atoms with Crippen molar-refractivity contribution >= 4 is 11.8 Å². The second-order valence-corrected chi connectivity index (χ2v) is 1.98. The average molecular weight is 130 g/mol. The molecular formula is C4H6N2O3. The fourth-order valence-electron chi connectivity index (χ4n) is 0.604. The molecule has 4 N–H and O–H groups in total. The summed E-state index contributed by atoms with van der Waals surface area (Å²) in [7, 11) is 0. The van der Waals surface area contributed by atoms with Gasteiger partial charge in [-0.1, -0.05) is 0 Å². The van der Waals surface area contributed by atoms with E-state index in [9.17, 15) is 9.59 Å². The van der Waals surface area contributed by atoms with Crippen molar-refractivity contribution in [3.05, 3.63) is 0 Å². The van der Waals surface area contributed by atoms with Gasteiger partial charge in [-0.2, -0.15) is 0 Å². The molecule has 1 rings (SSSR count). The van der Waals surface area contributed by atoms with Crippen molar-refractivity contribution in [1.82, 2.24) is 5.32 Å². The van der Waals surface area contributed by atoms with Crippen LogP contribution in [0.15, 0.2) is 0 Å². The normalized spacial score (nSPS) is 34.9. The molecule has 0 saturated carbocycles. The van der Waals surface area contributed by atoms with Crippen LogP contribution < -0.4 is 11.1 Å². The van der Waals surface area contributed by atoms with Gasteiger partial charge in [0.1, 0.15) is 0 Å². The number of hydrogen-bond acceptors (Lipinski definition) is 4. The quantitative estimate of drug-likeness (QED) is 0.253. The summed E-state index contributed by atoms with van der Waals surface area (Å²) in [5, 5.41) is 10.6. The summed E-state index contributed by atoms with van der Waals surface area (Å²) in [5.74, 6) is -1.36. The maximum atomic E-state index is 10.4. The van der Waals surface area contributed by atoms with E-state index in [2.05, 4.69) is 0 Å². The molecule has 1 atom stereocenters. The molecule has 0 spiro atoms. The van der Waals surface area contributed by atoms with Crippen molar-refractivity contribution in [3.63, 3.8) is 0 Å². The Morgan fingerprint density at radius 1 is 1.67 bits per heavy atom. The highest BCUT2D eigenvalue weighted by atomic mass is 16.3. The number of nitrogens with two attached hydrogens (primary N) is 1. The van der Waals surface area contributed by atoms with Crippen molar-refractivity contribution in [2.75, 3.05) is 0 Å². The highest BCUT2D eigenvalue weighted by molar-refractivity contribution is 6.06. The molecule has 1 unspecified atom stereocenters. The minimum atomic E-state index is -1.98.